The van der Waals surface area contributed by atoms with Gasteiger partial charge >= 0.3 is 0 Å². The van der Waals surface area contributed by atoms with Gasteiger partial charge in [-0.3, -0.25) is 0 Å². The average molecular weight is 217 g/mol. The Hall–Kier alpha value is -1.02. The van der Waals surface area contributed by atoms with Crippen LogP contribution in [-0.2, 0) is 0 Å². The summed E-state index contributed by atoms with van der Waals surface area (Å²) in [6, 6.07) is 8.47. The molecule has 2 heteroatoms. The lowest BCUT2D eigenvalue weighted by Gasteiger charge is -2.14. The van der Waals surface area contributed by atoms with Crippen molar-refractivity contribution in [3.63, 3.8) is 0 Å². The lowest BCUT2D eigenvalue weighted by atomic mass is 9.98. The van der Waals surface area contributed by atoms with E-state index >= 15 is 0 Å². The van der Waals surface area contributed by atoms with Gasteiger partial charge in [0.05, 0.1) is 7.11 Å². The zero-order chi connectivity index (χ0) is 11.1. The Morgan fingerprint density at radius 1 is 1.19 bits per heavy atom. The molecular weight excluding hydrogens is 198 g/mol. The molecule has 3 unspecified atom stereocenters. The molecule has 2 saturated carbocycles. The fraction of sp³-hybridized carbons (Fsp3) is 0.571. The molecule has 1 aromatic carbocycles. The maximum absolute atomic E-state index is 6.34. The van der Waals surface area contributed by atoms with Crippen LogP contribution in [0.4, 0.5) is 0 Å². The average Bonchev–Trinajstić information content (AvgIpc) is 2.81. The van der Waals surface area contributed by atoms with Gasteiger partial charge in [0.1, 0.15) is 5.75 Å². The van der Waals surface area contributed by atoms with Crippen LogP contribution in [0.5, 0.6) is 5.75 Å². The molecule has 3 rings (SSSR count). The van der Waals surface area contributed by atoms with Crippen LogP contribution in [0.25, 0.3) is 0 Å². The van der Waals surface area contributed by atoms with Crippen LogP contribution in [-0.4, -0.2) is 7.11 Å². The van der Waals surface area contributed by atoms with Crippen LogP contribution in [0, 0.1) is 17.8 Å². The SMILES string of the molecule is COc1ccc(C(N)C2C3CCCC32)cc1. The molecule has 1 aromatic rings. The molecule has 2 N–H and O–H groups in total. The maximum Gasteiger partial charge on any atom is 0.118 e. The summed E-state index contributed by atoms with van der Waals surface area (Å²) in [7, 11) is 1.69. The van der Waals surface area contributed by atoms with E-state index in [1.165, 1.54) is 24.8 Å². The highest BCUT2D eigenvalue weighted by molar-refractivity contribution is 5.30. The van der Waals surface area contributed by atoms with E-state index in [0.717, 1.165) is 23.5 Å². The fourth-order valence-corrected chi connectivity index (χ4v) is 3.46. The van der Waals surface area contributed by atoms with E-state index in [1.54, 1.807) is 7.11 Å². The lowest BCUT2D eigenvalue weighted by molar-refractivity contribution is 0.414. The van der Waals surface area contributed by atoms with Gasteiger partial charge in [-0.1, -0.05) is 18.6 Å². The summed E-state index contributed by atoms with van der Waals surface area (Å²) in [4.78, 5) is 0. The minimum absolute atomic E-state index is 0.237. The molecular formula is C14H19NO. The zero-order valence-corrected chi connectivity index (χ0v) is 9.73. The number of rotatable bonds is 3. The molecule has 0 amide bonds. The van der Waals surface area contributed by atoms with E-state index in [-0.39, 0.29) is 6.04 Å². The quantitative estimate of drug-likeness (QED) is 0.845. The molecule has 0 aromatic heterocycles. The molecule has 2 aliphatic rings. The second-order valence-electron chi connectivity index (χ2n) is 5.13. The van der Waals surface area contributed by atoms with Gasteiger partial charge in [-0.2, -0.15) is 0 Å². The number of fused-ring (bicyclic) bond motifs is 1. The van der Waals surface area contributed by atoms with E-state index < -0.39 is 0 Å². The molecule has 0 aliphatic heterocycles. The first-order chi connectivity index (χ1) is 7.81. The molecule has 2 nitrogen and oxygen atoms in total. The number of hydrogen-bond donors (Lipinski definition) is 1. The number of benzene rings is 1. The number of ether oxygens (including phenoxy) is 1. The highest BCUT2D eigenvalue weighted by Crippen LogP contribution is 2.61. The Bertz CT molecular complexity index is 363. The van der Waals surface area contributed by atoms with Gasteiger partial charge in [0.25, 0.3) is 0 Å². The zero-order valence-electron chi connectivity index (χ0n) is 9.73. The van der Waals surface area contributed by atoms with Crippen molar-refractivity contribution in [3.8, 4) is 5.75 Å². The largest absolute Gasteiger partial charge is 0.497 e. The molecule has 0 spiro atoms. The lowest BCUT2D eigenvalue weighted by Crippen LogP contribution is -2.15. The van der Waals surface area contributed by atoms with Crippen molar-refractivity contribution in [2.24, 2.45) is 23.5 Å². The van der Waals surface area contributed by atoms with Crippen LogP contribution >= 0.6 is 0 Å². The second kappa shape index (κ2) is 3.77. The van der Waals surface area contributed by atoms with Crippen molar-refractivity contribution < 1.29 is 4.74 Å². The van der Waals surface area contributed by atoms with E-state index in [9.17, 15) is 0 Å². The van der Waals surface area contributed by atoms with E-state index in [4.69, 9.17) is 10.5 Å². The Balaban J connectivity index is 1.72. The summed E-state index contributed by atoms with van der Waals surface area (Å²) in [6.45, 7) is 0. The first-order valence-electron chi connectivity index (χ1n) is 6.21. The first kappa shape index (κ1) is 10.2. The fourth-order valence-electron chi connectivity index (χ4n) is 3.46. The maximum atomic E-state index is 6.34. The van der Waals surface area contributed by atoms with Gasteiger partial charge in [-0.15, -0.1) is 0 Å². The highest BCUT2D eigenvalue weighted by atomic mass is 16.5. The molecule has 3 atom stereocenters. The van der Waals surface area contributed by atoms with Crippen molar-refractivity contribution in [1.82, 2.24) is 0 Å². The third-order valence-electron chi connectivity index (χ3n) is 4.39. The summed E-state index contributed by atoms with van der Waals surface area (Å²) < 4.78 is 5.16. The summed E-state index contributed by atoms with van der Waals surface area (Å²) in [5.74, 6) is 3.52. The molecule has 86 valence electrons. The van der Waals surface area contributed by atoms with Gasteiger partial charge in [-0.05, 0) is 48.3 Å². The van der Waals surface area contributed by atoms with Gasteiger partial charge in [0, 0.05) is 6.04 Å². The summed E-state index contributed by atoms with van der Waals surface area (Å²) >= 11 is 0. The summed E-state index contributed by atoms with van der Waals surface area (Å²) in [5.41, 5.74) is 7.61. The molecule has 2 fully saturated rings. The molecule has 2 aliphatic carbocycles. The van der Waals surface area contributed by atoms with Crippen LogP contribution in [0.2, 0.25) is 0 Å². The monoisotopic (exact) mass is 217 g/mol. The summed E-state index contributed by atoms with van der Waals surface area (Å²) in [6.07, 6.45) is 4.22. The number of nitrogens with two attached hydrogens (primary N) is 1. The van der Waals surface area contributed by atoms with Gasteiger partial charge in [0.2, 0.25) is 0 Å². The second-order valence-corrected chi connectivity index (χ2v) is 5.13. The normalized spacial score (nSPS) is 33.2. The first-order valence-corrected chi connectivity index (χ1v) is 6.21. The summed E-state index contributed by atoms with van der Waals surface area (Å²) in [5, 5.41) is 0. The Kier molecular flexibility index (Phi) is 2.40. The minimum Gasteiger partial charge on any atom is -0.497 e. The van der Waals surface area contributed by atoms with E-state index in [1.807, 2.05) is 12.1 Å². The van der Waals surface area contributed by atoms with Crippen LogP contribution in [0.1, 0.15) is 30.9 Å². The van der Waals surface area contributed by atoms with Crippen molar-refractivity contribution >= 4 is 0 Å². The van der Waals surface area contributed by atoms with Crippen molar-refractivity contribution in [1.29, 1.82) is 0 Å². The van der Waals surface area contributed by atoms with Crippen molar-refractivity contribution in [2.45, 2.75) is 25.3 Å². The minimum atomic E-state index is 0.237. The standard InChI is InChI=1S/C14H19NO/c1-16-10-7-5-9(6-8-10)14(15)13-11-3-2-4-12(11)13/h5-8,11-14H,2-4,15H2,1H3. The molecule has 0 saturated heterocycles. The molecule has 0 radical (unpaired) electrons. The molecule has 0 heterocycles. The van der Waals surface area contributed by atoms with E-state index in [2.05, 4.69) is 12.1 Å². The highest BCUT2D eigenvalue weighted by Gasteiger charge is 2.55. The third kappa shape index (κ3) is 1.52. The Morgan fingerprint density at radius 3 is 2.38 bits per heavy atom. The smallest absolute Gasteiger partial charge is 0.118 e. The van der Waals surface area contributed by atoms with Crippen LogP contribution < -0.4 is 10.5 Å². The Labute approximate surface area is 96.8 Å². The van der Waals surface area contributed by atoms with Gasteiger partial charge in [-0.25, -0.2) is 0 Å². The van der Waals surface area contributed by atoms with E-state index in [0.29, 0.717) is 0 Å². The topological polar surface area (TPSA) is 35.2 Å². The molecule has 16 heavy (non-hydrogen) atoms. The van der Waals surface area contributed by atoms with Crippen LogP contribution in [0.15, 0.2) is 24.3 Å². The number of hydrogen-bond acceptors (Lipinski definition) is 2. The molecule has 0 bridgehead atoms. The van der Waals surface area contributed by atoms with Crippen molar-refractivity contribution in [2.75, 3.05) is 7.11 Å². The number of methoxy groups -OCH3 is 1. The van der Waals surface area contributed by atoms with Gasteiger partial charge in [0.15, 0.2) is 0 Å². The predicted octanol–water partition coefficient (Wildman–Crippen LogP) is 2.74. The van der Waals surface area contributed by atoms with Crippen molar-refractivity contribution in [3.05, 3.63) is 29.8 Å². The third-order valence-corrected chi connectivity index (χ3v) is 4.39. The Morgan fingerprint density at radius 2 is 1.81 bits per heavy atom. The van der Waals surface area contributed by atoms with Crippen LogP contribution in [0.3, 0.4) is 0 Å². The predicted molar refractivity (Wildman–Crippen MR) is 64.2 cm³/mol. The van der Waals surface area contributed by atoms with Gasteiger partial charge < -0.3 is 10.5 Å².